The highest BCUT2D eigenvalue weighted by Gasteiger charge is 2.45. The second-order valence-electron chi connectivity index (χ2n) is 7.26. The second kappa shape index (κ2) is 6.09. The highest BCUT2D eigenvalue weighted by atomic mass is 16.6. The van der Waals surface area contributed by atoms with Crippen molar-refractivity contribution in [3.63, 3.8) is 0 Å². The fourth-order valence-electron chi connectivity index (χ4n) is 3.52. The Morgan fingerprint density at radius 2 is 1.95 bits per heavy atom. The van der Waals surface area contributed by atoms with E-state index in [1.807, 2.05) is 20.8 Å². The van der Waals surface area contributed by atoms with Crippen LogP contribution in [-0.4, -0.2) is 29.2 Å². The molecule has 4 nitrogen and oxygen atoms in total. The van der Waals surface area contributed by atoms with Crippen LogP contribution in [0.3, 0.4) is 0 Å². The standard InChI is InChI=1S/C17H26N2O2/c1-12-11-19(16(20)21-17(2,3)4)15(14(12)10-18)13-8-6-5-7-9-13/h13-15H,1,5-9,11H2,2-4H3/t14-,15-/m1/s1. The summed E-state index contributed by atoms with van der Waals surface area (Å²) in [5.41, 5.74) is 0.333. The van der Waals surface area contributed by atoms with Crippen molar-refractivity contribution in [2.24, 2.45) is 11.8 Å². The lowest BCUT2D eigenvalue weighted by Crippen LogP contribution is -2.45. The minimum Gasteiger partial charge on any atom is -0.444 e. The first-order valence-corrected chi connectivity index (χ1v) is 7.90. The van der Waals surface area contributed by atoms with Gasteiger partial charge in [-0.25, -0.2) is 4.79 Å². The van der Waals surface area contributed by atoms with Crippen LogP contribution in [0.25, 0.3) is 0 Å². The zero-order chi connectivity index (χ0) is 15.6. The lowest BCUT2D eigenvalue weighted by Gasteiger charge is -2.35. The average Bonchev–Trinajstić information content (AvgIpc) is 2.74. The maximum Gasteiger partial charge on any atom is 0.410 e. The highest BCUT2D eigenvalue weighted by Crippen LogP contribution is 2.39. The van der Waals surface area contributed by atoms with Crippen molar-refractivity contribution in [2.75, 3.05) is 6.54 Å². The monoisotopic (exact) mass is 290 g/mol. The van der Waals surface area contributed by atoms with Crippen molar-refractivity contribution >= 4 is 6.09 Å². The van der Waals surface area contributed by atoms with Crippen LogP contribution in [0.2, 0.25) is 0 Å². The van der Waals surface area contributed by atoms with Gasteiger partial charge in [0.25, 0.3) is 0 Å². The molecular formula is C17H26N2O2. The number of hydrogen-bond donors (Lipinski definition) is 0. The van der Waals surface area contributed by atoms with E-state index in [4.69, 9.17) is 4.74 Å². The molecule has 0 spiro atoms. The Morgan fingerprint density at radius 1 is 1.33 bits per heavy atom. The highest BCUT2D eigenvalue weighted by molar-refractivity contribution is 5.70. The Kier molecular flexibility index (Phi) is 4.61. The summed E-state index contributed by atoms with van der Waals surface area (Å²) in [5.74, 6) is 0.149. The average molecular weight is 290 g/mol. The lowest BCUT2D eigenvalue weighted by molar-refractivity contribution is 0.0139. The van der Waals surface area contributed by atoms with Crippen LogP contribution in [0.5, 0.6) is 0 Å². The van der Waals surface area contributed by atoms with Crippen molar-refractivity contribution < 1.29 is 9.53 Å². The predicted octanol–water partition coefficient (Wildman–Crippen LogP) is 3.88. The van der Waals surface area contributed by atoms with E-state index in [1.165, 1.54) is 19.3 Å². The molecule has 2 rings (SSSR count). The molecule has 4 heteroatoms. The first-order chi connectivity index (χ1) is 9.83. The molecule has 0 aromatic carbocycles. The molecule has 2 aliphatic rings. The van der Waals surface area contributed by atoms with Crippen molar-refractivity contribution in [1.29, 1.82) is 5.26 Å². The van der Waals surface area contributed by atoms with E-state index in [2.05, 4.69) is 12.6 Å². The first kappa shape index (κ1) is 15.9. The third kappa shape index (κ3) is 3.58. The molecule has 0 aromatic heterocycles. The number of nitriles is 1. The Labute approximate surface area is 127 Å². The number of rotatable bonds is 1. The molecule has 0 unspecified atom stereocenters. The summed E-state index contributed by atoms with van der Waals surface area (Å²) >= 11 is 0. The number of likely N-dealkylation sites (tertiary alicyclic amines) is 1. The van der Waals surface area contributed by atoms with Crippen molar-refractivity contribution in [1.82, 2.24) is 4.90 Å². The summed E-state index contributed by atoms with van der Waals surface area (Å²) in [4.78, 5) is 14.2. The molecule has 116 valence electrons. The van der Waals surface area contributed by atoms with Crippen LogP contribution in [0.15, 0.2) is 12.2 Å². The molecule has 1 saturated carbocycles. The number of nitrogens with zero attached hydrogens (tertiary/aromatic N) is 2. The van der Waals surface area contributed by atoms with Gasteiger partial charge in [0.05, 0.1) is 18.0 Å². The second-order valence-corrected chi connectivity index (χ2v) is 7.26. The van der Waals surface area contributed by atoms with E-state index in [0.29, 0.717) is 12.5 Å². The zero-order valence-electron chi connectivity index (χ0n) is 13.4. The molecular weight excluding hydrogens is 264 g/mol. The van der Waals surface area contributed by atoms with Gasteiger partial charge in [0.15, 0.2) is 0 Å². The number of hydrogen-bond acceptors (Lipinski definition) is 3. The maximum absolute atomic E-state index is 12.5. The first-order valence-electron chi connectivity index (χ1n) is 7.90. The van der Waals surface area contributed by atoms with Gasteiger partial charge in [0.2, 0.25) is 0 Å². The topological polar surface area (TPSA) is 53.3 Å². The largest absolute Gasteiger partial charge is 0.444 e. The van der Waals surface area contributed by atoms with Crippen LogP contribution in [0, 0.1) is 23.2 Å². The van der Waals surface area contributed by atoms with Gasteiger partial charge in [-0.2, -0.15) is 5.26 Å². The number of carbonyl (C=O) groups excluding carboxylic acids is 1. The molecule has 2 fully saturated rings. The summed E-state index contributed by atoms with van der Waals surface area (Å²) in [6.07, 6.45) is 5.51. The molecule has 1 amide bonds. The summed E-state index contributed by atoms with van der Waals surface area (Å²) < 4.78 is 5.52. The Bertz CT molecular complexity index is 452. The SMILES string of the molecule is C=C1CN(C(=O)OC(C)(C)C)[C@H](C2CCCCC2)[C@@H]1C#N. The van der Waals surface area contributed by atoms with Gasteiger partial charge in [-0.3, -0.25) is 4.90 Å². The lowest BCUT2D eigenvalue weighted by atomic mass is 9.79. The molecule has 1 aliphatic heterocycles. The van der Waals surface area contributed by atoms with E-state index in [0.717, 1.165) is 18.4 Å². The van der Waals surface area contributed by atoms with E-state index in [1.54, 1.807) is 4.90 Å². The van der Waals surface area contributed by atoms with Crippen LogP contribution in [0.4, 0.5) is 4.79 Å². The summed E-state index contributed by atoms with van der Waals surface area (Å²) in [6.45, 7) is 10.1. The van der Waals surface area contributed by atoms with Gasteiger partial charge in [-0.1, -0.05) is 25.8 Å². The molecule has 0 bridgehead atoms. The van der Waals surface area contributed by atoms with E-state index in [9.17, 15) is 10.1 Å². The minimum absolute atomic E-state index is 0.0577. The van der Waals surface area contributed by atoms with Gasteiger partial charge in [-0.15, -0.1) is 0 Å². The third-order valence-corrected chi connectivity index (χ3v) is 4.41. The molecule has 1 aliphatic carbocycles. The molecule has 2 atom stereocenters. The minimum atomic E-state index is -0.514. The Balaban J connectivity index is 2.19. The number of ether oxygens (including phenoxy) is 1. The van der Waals surface area contributed by atoms with Gasteiger partial charge >= 0.3 is 6.09 Å². The van der Waals surface area contributed by atoms with Crippen LogP contribution >= 0.6 is 0 Å². The van der Waals surface area contributed by atoms with Crippen LogP contribution in [-0.2, 0) is 4.74 Å². The number of amides is 1. The molecule has 1 saturated heterocycles. The third-order valence-electron chi connectivity index (χ3n) is 4.41. The molecule has 0 radical (unpaired) electrons. The summed E-state index contributed by atoms with van der Waals surface area (Å²) in [6, 6.07) is 2.30. The van der Waals surface area contributed by atoms with Gasteiger partial charge in [0.1, 0.15) is 5.60 Å². The zero-order valence-corrected chi connectivity index (χ0v) is 13.4. The van der Waals surface area contributed by atoms with Gasteiger partial charge in [-0.05, 0) is 45.1 Å². The summed E-state index contributed by atoms with van der Waals surface area (Å²) in [7, 11) is 0. The van der Waals surface area contributed by atoms with E-state index >= 15 is 0 Å². The van der Waals surface area contributed by atoms with Crippen molar-refractivity contribution in [2.45, 2.75) is 64.5 Å². The van der Waals surface area contributed by atoms with Gasteiger partial charge < -0.3 is 4.74 Å². The molecule has 1 heterocycles. The van der Waals surface area contributed by atoms with Crippen LogP contribution in [0.1, 0.15) is 52.9 Å². The normalized spacial score (nSPS) is 27.5. The van der Waals surface area contributed by atoms with E-state index in [-0.39, 0.29) is 18.1 Å². The quantitative estimate of drug-likeness (QED) is 0.689. The molecule has 0 N–H and O–H groups in total. The number of carbonyl (C=O) groups is 1. The molecule has 21 heavy (non-hydrogen) atoms. The maximum atomic E-state index is 12.5. The Hall–Kier alpha value is -1.50. The van der Waals surface area contributed by atoms with Gasteiger partial charge in [0, 0.05) is 6.54 Å². The van der Waals surface area contributed by atoms with Crippen LogP contribution < -0.4 is 0 Å². The predicted molar refractivity (Wildman–Crippen MR) is 81.5 cm³/mol. The smallest absolute Gasteiger partial charge is 0.410 e. The van der Waals surface area contributed by atoms with E-state index < -0.39 is 5.60 Å². The Morgan fingerprint density at radius 3 is 2.48 bits per heavy atom. The fourth-order valence-corrected chi connectivity index (χ4v) is 3.52. The summed E-state index contributed by atoms with van der Waals surface area (Å²) in [5, 5.41) is 9.48. The fraction of sp³-hybridized carbons (Fsp3) is 0.765. The molecule has 0 aromatic rings. The van der Waals surface area contributed by atoms with Crippen molar-refractivity contribution in [3.05, 3.63) is 12.2 Å². The van der Waals surface area contributed by atoms with Crippen molar-refractivity contribution in [3.8, 4) is 6.07 Å².